The Bertz CT molecular complexity index is 1350. The maximum absolute atomic E-state index is 14.0. The molecule has 34 heavy (non-hydrogen) atoms. The van der Waals surface area contributed by atoms with Crippen LogP contribution in [0.25, 0.3) is 0 Å². The number of halogens is 1. The van der Waals surface area contributed by atoms with E-state index in [4.69, 9.17) is 0 Å². The van der Waals surface area contributed by atoms with E-state index >= 15 is 0 Å². The summed E-state index contributed by atoms with van der Waals surface area (Å²) in [4.78, 5) is 51.5. The van der Waals surface area contributed by atoms with E-state index in [1.807, 2.05) is 0 Å². The third-order valence-corrected chi connectivity index (χ3v) is 7.28. The van der Waals surface area contributed by atoms with Gasteiger partial charge in [0.1, 0.15) is 17.3 Å². The molecule has 2 aromatic rings. The minimum Gasteiger partial charge on any atom is -0.338 e. The highest BCUT2D eigenvalue weighted by Crippen LogP contribution is 2.20. The molecule has 0 N–H and O–H groups in total. The number of carbonyl (C=O) groups excluding carboxylic acids is 1. The van der Waals surface area contributed by atoms with E-state index < -0.39 is 50.3 Å². The summed E-state index contributed by atoms with van der Waals surface area (Å²) in [7, 11) is -4.09. The minimum atomic E-state index is -4.09. The number of carbonyl (C=O) groups is 1. The van der Waals surface area contributed by atoms with Gasteiger partial charge in [0, 0.05) is 26.2 Å². The van der Waals surface area contributed by atoms with E-state index in [1.165, 1.54) is 35.3 Å². The van der Waals surface area contributed by atoms with E-state index in [0.717, 1.165) is 19.5 Å². The number of hydrogen-bond donors (Lipinski definition) is 0. The maximum atomic E-state index is 14.0. The Hall–Kier alpha value is -3.58. The summed E-state index contributed by atoms with van der Waals surface area (Å²) in [5, 5.41) is 0. The first kappa shape index (κ1) is 25.1. The van der Waals surface area contributed by atoms with Gasteiger partial charge in [0.25, 0.3) is 0 Å². The summed E-state index contributed by atoms with van der Waals surface area (Å²) < 4.78 is 42.8. The van der Waals surface area contributed by atoms with Crippen LogP contribution in [-0.2, 0) is 34.5 Å². The molecular formula is C21H24FN5O6S. The average molecular weight is 494 g/mol. The minimum absolute atomic E-state index is 0.0194. The molecule has 1 saturated heterocycles. The second kappa shape index (κ2) is 10.1. The molecule has 1 aromatic heterocycles. The first-order valence-corrected chi connectivity index (χ1v) is 11.8. The number of allylic oxidation sites excluding steroid dienone is 2. The number of aromatic nitrogens is 3. The zero-order chi connectivity index (χ0) is 25.0. The molecule has 0 spiro atoms. The number of nitrogens with zero attached hydrogens (tertiary/aromatic N) is 5. The van der Waals surface area contributed by atoms with Crippen molar-refractivity contribution in [3.63, 3.8) is 0 Å². The molecule has 1 amide bonds. The normalized spacial score (nSPS) is 14.7. The lowest BCUT2D eigenvalue weighted by Crippen LogP contribution is -2.57. The van der Waals surface area contributed by atoms with Crippen molar-refractivity contribution in [2.24, 2.45) is 0 Å². The smallest absolute Gasteiger partial charge is 0.337 e. The Labute approximate surface area is 194 Å². The predicted octanol–water partition coefficient (Wildman–Crippen LogP) is -0.784. The molecule has 0 radical (unpaired) electrons. The van der Waals surface area contributed by atoms with Crippen LogP contribution in [0.15, 0.2) is 68.9 Å². The summed E-state index contributed by atoms with van der Waals surface area (Å²) in [6.07, 6.45) is 2.62. The molecule has 0 unspecified atom stereocenters. The highest BCUT2D eigenvalue weighted by atomic mass is 32.2. The molecule has 13 heteroatoms. The summed E-state index contributed by atoms with van der Waals surface area (Å²) >= 11 is 0. The standard InChI is InChI=1S/C21H24FN5O6S/c1-3-9-25-19(29)26(10-4-2)21(31)27(20(25)30)15-18(28)23-11-13-24(14-12-23)34(32,33)17-8-6-5-7-16(17)22/h3-8H,1-2,9-15H2. The predicted molar refractivity (Wildman–Crippen MR) is 121 cm³/mol. The number of hydrogen-bond acceptors (Lipinski definition) is 6. The summed E-state index contributed by atoms with van der Waals surface area (Å²) in [5.41, 5.74) is -2.75. The van der Waals surface area contributed by atoms with Crippen LogP contribution in [0, 0.1) is 5.82 Å². The van der Waals surface area contributed by atoms with Crippen LogP contribution in [0.4, 0.5) is 4.39 Å². The fraction of sp³-hybridized carbons (Fsp3) is 0.333. The molecule has 0 aliphatic carbocycles. The molecule has 3 rings (SSSR count). The lowest BCUT2D eigenvalue weighted by Gasteiger charge is -2.34. The largest absolute Gasteiger partial charge is 0.338 e. The molecule has 0 atom stereocenters. The van der Waals surface area contributed by atoms with Crippen LogP contribution >= 0.6 is 0 Å². The fourth-order valence-corrected chi connectivity index (χ4v) is 5.08. The Balaban J connectivity index is 1.81. The molecule has 2 heterocycles. The van der Waals surface area contributed by atoms with E-state index in [2.05, 4.69) is 13.2 Å². The first-order chi connectivity index (χ1) is 16.1. The average Bonchev–Trinajstić information content (AvgIpc) is 2.82. The van der Waals surface area contributed by atoms with Gasteiger partial charge < -0.3 is 4.90 Å². The van der Waals surface area contributed by atoms with Crippen molar-refractivity contribution >= 4 is 15.9 Å². The van der Waals surface area contributed by atoms with Crippen molar-refractivity contribution in [1.29, 1.82) is 0 Å². The zero-order valence-corrected chi connectivity index (χ0v) is 19.1. The van der Waals surface area contributed by atoms with Crippen molar-refractivity contribution in [2.45, 2.75) is 24.5 Å². The van der Waals surface area contributed by atoms with Crippen LogP contribution in [-0.4, -0.2) is 63.4 Å². The summed E-state index contributed by atoms with van der Waals surface area (Å²) in [6, 6.07) is 5.02. The van der Waals surface area contributed by atoms with Gasteiger partial charge in [-0.3, -0.25) is 4.79 Å². The van der Waals surface area contributed by atoms with Crippen molar-refractivity contribution in [3.05, 3.63) is 86.8 Å². The van der Waals surface area contributed by atoms with Gasteiger partial charge in [0.05, 0.1) is 13.1 Å². The monoisotopic (exact) mass is 493 g/mol. The molecule has 0 saturated carbocycles. The third kappa shape index (κ3) is 4.70. The molecule has 1 aromatic carbocycles. The third-order valence-electron chi connectivity index (χ3n) is 5.35. The quantitative estimate of drug-likeness (QED) is 0.445. The second-order valence-corrected chi connectivity index (χ2v) is 9.35. The van der Waals surface area contributed by atoms with Crippen molar-refractivity contribution < 1.29 is 17.6 Å². The first-order valence-electron chi connectivity index (χ1n) is 10.3. The lowest BCUT2D eigenvalue weighted by molar-refractivity contribution is -0.133. The molecular weight excluding hydrogens is 469 g/mol. The van der Waals surface area contributed by atoms with Gasteiger partial charge in [0.2, 0.25) is 15.9 Å². The van der Waals surface area contributed by atoms with Gasteiger partial charge in [-0.1, -0.05) is 24.3 Å². The van der Waals surface area contributed by atoms with Gasteiger partial charge >= 0.3 is 17.1 Å². The van der Waals surface area contributed by atoms with Crippen LogP contribution in [0.5, 0.6) is 0 Å². The number of benzene rings is 1. The highest BCUT2D eigenvalue weighted by Gasteiger charge is 2.32. The number of sulfonamides is 1. The van der Waals surface area contributed by atoms with Gasteiger partial charge in [-0.2, -0.15) is 4.31 Å². The number of rotatable bonds is 8. The SMILES string of the molecule is C=CCn1c(=O)n(CC=C)c(=O)n(CC(=O)N2CCN(S(=O)(=O)c3ccccc3F)CC2)c1=O. The summed E-state index contributed by atoms with van der Waals surface area (Å²) in [5.74, 6) is -1.47. The van der Waals surface area contributed by atoms with E-state index in [9.17, 15) is 32.0 Å². The van der Waals surface area contributed by atoms with Gasteiger partial charge in [-0.05, 0) is 12.1 Å². The van der Waals surface area contributed by atoms with Crippen LogP contribution in [0.2, 0.25) is 0 Å². The van der Waals surface area contributed by atoms with Crippen LogP contribution in [0.3, 0.4) is 0 Å². The van der Waals surface area contributed by atoms with E-state index in [1.54, 1.807) is 0 Å². The number of amides is 1. The molecule has 11 nitrogen and oxygen atoms in total. The molecule has 182 valence electrons. The topological polar surface area (TPSA) is 124 Å². The molecule has 1 aliphatic heterocycles. The van der Waals surface area contributed by atoms with Crippen molar-refractivity contribution in [1.82, 2.24) is 22.9 Å². The van der Waals surface area contributed by atoms with E-state index in [0.29, 0.717) is 4.57 Å². The van der Waals surface area contributed by atoms with Gasteiger partial charge in [-0.15, -0.1) is 13.2 Å². The van der Waals surface area contributed by atoms with E-state index in [-0.39, 0.29) is 39.3 Å². The number of piperazine rings is 1. The second-order valence-electron chi connectivity index (χ2n) is 7.45. The van der Waals surface area contributed by atoms with Gasteiger partial charge in [-0.25, -0.2) is 40.9 Å². The molecule has 0 bridgehead atoms. The van der Waals surface area contributed by atoms with Crippen molar-refractivity contribution in [2.75, 3.05) is 26.2 Å². The lowest BCUT2D eigenvalue weighted by atomic mass is 10.3. The van der Waals surface area contributed by atoms with Crippen molar-refractivity contribution in [3.8, 4) is 0 Å². The van der Waals surface area contributed by atoms with Crippen LogP contribution < -0.4 is 17.1 Å². The Morgan fingerprint density at radius 2 is 1.38 bits per heavy atom. The highest BCUT2D eigenvalue weighted by molar-refractivity contribution is 7.89. The Morgan fingerprint density at radius 3 is 1.88 bits per heavy atom. The fourth-order valence-electron chi connectivity index (χ4n) is 3.59. The molecule has 1 fully saturated rings. The maximum Gasteiger partial charge on any atom is 0.337 e. The van der Waals surface area contributed by atoms with Crippen LogP contribution in [0.1, 0.15) is 0 Å². The Kier molecular flexibility index (Phi) is 7.47. The van der Waals surface area contributed by atoms with Gasteiger partial charge in [0.15, 0.2) is 0 Å². The summed E-state index contributed by atoms with van der Waals surface area (Å²) in [6.45, 7) is 5.81. The zero-order valence-electron chi connectivity index (χ0n) is 18.3. The Morgan fingerprint density at radius 1 is 0.882 bits per heavy atom. The molecule has 1 aliphatic rings.